The van der Waals surface area contributed by atoms with E-state index in [9.17, 15) is 0 Å². The van der Waals surface area contributed by atoms with Crippen LogP contribution in [0, 0.1) is 0 Å². The molecule has 0 N–H and O–H groups in total. The predicted molar refractivity (Wildman–Crippen MR) is 52.9 cm³/mol. The van der Waals surface area contributed by atoms with Crippen molar-refractivity contribution < 1.29 is 9.47 Å². The molecule has 1 aliphatic heterocycles. The first-order chi connectivity index (χ1) is 6.95. The molecule has 0 radical (unpaired) electrons. The summed E-state index contributed by atoms with van der Waals surface area (Å²) in [6, 6.07) is 3.97. The van der Waals surface area contributed by atoms with Crippen LogP contribution in [0.1, 0.15) is 18.4 Å². The summed E-state index contributed by atoms with van der Waals surface area (Å²) in [5, 5.41) is 0. The molecule has 76 valence electrons. The normalized spacial score (nSPS) is 18.3. The number of aromatic nitrogens is 1. The Labute approximate surface area is 84.1 Å². The van der Waals surface area contributed by atoms with E-state index in [1.807, 2.05) is 12.1 Å². The Bertz CT molecular complexity index is 257. The van der Waals surface area contributed by atoms with Gasteiger partial charge in [-0.3, -0.25) is 4.98 Å². The van der Waals surface area contributed by atoms with Crippen LogP contribution in [-0.2, 0) is 16.1 Å². The molecule has 1 saturated heterocycles. The van der Waals surface area contributed by atoms with Crippen molar-refractivity contribution in [2.45, 2.75) is 25.6 Å². The molecule has 3 heteroatoms. The minimum absolute atomic E-state index is 0.372. The lowest BCUT2D eigenvalue weighted by atomic mass is 10.1. The molecule has 0 atom stereocenters. The maximum atomic E-state index is 5.76. The van der Waals surface area contributed by atoms with Crippen LogP contribution >= 0.6 is 0 Å². The van der Waals surface area contributed by atoms with Crippen molar-refractivity contribution in [2.24, 2.45) is 0 Å². The van der Waals surface area contributed by atoms with Gasteiger partial charge in [0.05, 0.1) is 12.7 Å². The van der Waals surface area contributed by atoms with Gasteiger partial charge in [0, 0.05) is 25.6 Å². The number of rotatable bonds is 3. The fourth-order valence-corrected chi connectivity index (χ4v) is 1.54. The zero-order valence-electron chi connectivity index (χ0n) is 8.19. The number of nitrogens with zero attached hydrogens (tertiary/aromatic N) is 1. The van der Waals surface area contributed by atoms with Crippen molar-refractivity contribution in [1.29, 1.82) is 0 Å². The first-order valence-corrected chi connectivity index (χ1v) is 5.03. The molecule has 0 amide bonds. The second-order valence-electron chi connectivity index (χ2n) is 3.48. The van der Waals surface area contributed by atoms with Crippen LogP contribution in [0.25, 0.3) is 0 Å². The third-order valence-electron chi connectivity index (χ3n) is 2.40. The van der Waals surface area contributed by atoms with Crippen LogP contribution in [0.15, 0.2) is 24.5 Å². The highest BCUT2D eigenvalue weighted by Crippen LogP contribution is 2.12. The van der Waals surface area contributed by atoms with Crippen molar-refractivity contribution >= 4 is 0 Å². The Morgan fingerprint density at radius 1 is 1.29 bits per heavy atom. The molecule has 0 bridgehead atoms. The SMILES string of the molecule is c1cc(COC2CCOCC2)ccn1. The van der Waals surface area contributed by atoms with Crippen LogP contribution in [-0.4, -0.2) is 24.3 Å². The van der Waals surface area contributed by atoms with E-state index in [0.29, 0.717) is 12.7 Å². The van der Waals surface area contributed by atoms with Gasteiger partial charge in [-0.2, -0.15) is 0 Å². The third kappa shape index (κ3) is 2.79. The van der Waals surface area contributed by atoms with E-state index in [4.69, 9.17) is 9.47 Å². The average molecular weight is 193 g/mol. The van der Waals surface area contributed by atoms with Crippen molar-refractivity contribution in [3.8, 4) is 0 Å². The number of pyridine rings is 1. The molecule has 0 unspecified atom stereocenters. The lowest BCUT2D eigenvalue weighted by molar-refractivity contribution is -0.0390. The van der Waals surface area contributed by atoms with Gasteiger partial charge in [-0.05, 0) is 30.5 Å². The van der Waals surface area contributed by atoms with Crippen LogP contribution in [0.3, 0.4) is 0 Å². The molecule has 14 heavy (non-hydrogen) atoms. The smallest absolute Gasteiger partial charge is 0.0721 e. The molecule has 1 fully saturated rings. The topological polar surface area (TPSA) is 31.4 Å². The van der Waals surface area contributed by atoms with Gasteiger partial charge in [0.1, 0.15) is 0 Å². The predicted octanol–water partition coefficient (Wildman–Crippen LogP) is 1.78. The third-order valence-corrected chi connectivity index (χ3v) is 2.40. The van der Waals surface area contributed by atoms with Gasteiger partial charge < -0.3 is 9.47 Å². The monoisotopic (exact) mass is 193 g/mol. The maximum absolute atomic E-state index is 5.76. The summed E-state index contributed by atoms with van der Waals surface area (Å²) >= 11 is 0. The molecule has 0 aromatic carbocycles. The van der Waals surface area contributed by atoms with E-state index in [0.717, 1.165) is 26.1 Å². The fourth-order valence-electron chi connectivity index (χ4n) is 1.54. The Morgan fingerprint density at radius 3 is 2.71 bits per heavy atom. The quantitative estimate of drug-likeness (QED) is 0.733. The van der Waals surface area contributed by atoms with Gasteiger partial charge in [0.25, 0.3) is 0 Å². The number of ether oxygens (including phenoxy) is 2. The van der Waals surface area contributed by atoms with Gasteiger partial charge >= 0.3 is 0 Å². The minimum Gasteiger partial charge on any atom is -0.381 e. The van der Waals surface area contributed by atoms with Gasteiger partial charge in [-0.25, -0.2) is 0 Å². The summed E-state index contributed by atoms with van der Waals surface area (Å²) in [6.07, 6.45) is 6.00. The van der Waals surface area contributed by atoms with E-state index >= 15 is 0 Å². The highest BCUT2D eigenvalue weighted by atomic mass is 16.5. The number of hydrogen-bond acceptors (Lipinski definition) is 3. The van der Waals surface area contributed by atoms with Gasteiger partial charge in [0.15, 0.2) is 0 Å². The van der Waals surface area contributed by atoms with E-state index in [2.05, 4.69) is 4.98 Å². The zero-order valence-corrected chi connectivity index (χ0v) is 8.19. The first-order valence-electron chi connectivity index (χ1n) is 5.03. The van der Waals surface area contributed by atoms with Crippen LogP contribution in [0.4, 0.5) is 0 Å². The van der Waals surface area contributed by atoms with Crippen molar-refractivity contribution in [3.63, 3.8) is 0 Å². The average Bonchev–Trinajstić information content (AvgIpc) is 2.29. The van der Waals surface area contributed by atoms with Gasteiger partial charge in [-0.15, -0.1) is 0 Å². The molecule has 1 aliphatic rings. The van der Waals surface area contributed by atoms with E-state index in [-0.39, 0.29) is 0 Å². The lowest BCUT2D eigenvalue weighted by Gasteiger charge is -2.22. The molecule has 1 aromatic heterocycles. The second kappa shape index (κ2) is 5.08. The molecular weight excluding hydrogens is 178 g/mol. The van der Waals surface area contributed by atoms with Gasteiger partial charge in [-0.1, -0.05) is 0 Å². The maximum Gasteiger partial charge on any atom is 0.0721 e. The van der Waals surface area contributed by atoms with Crippen molar-refractivity contribution in [1.82, 2.24) is 4.98 Å². The summed E-state index contributed by atoms with van der Waals surface area (Å²) in [7, 11) is 0. The summed E-state index contributed by atoms with van der Waals surface area (Å²) in [4.78, 5) is 3.96. The molecule has 1 aromatic rings. The molecule has 0 saturated carbocycles. The summed E-state index contributed by atoms with van der Waals surface area (Å²) in [5.74, 6) is 0. The molecule has 2 heterocycles. The summed E-state index contributed by atoms with van der Waals surface area (Å²) < 4.78 is 11.0. The molecule has 0 spiro atoms. The standard InChI is InChI=1S/C11H15NO2/c1-5-12-6-2-10(1)9-14-11-3-7-13-8-4-11/h1-2,5-6,11H,3-4,7-9H2. The largest absolute Gasteiger partial charge is 0.381 e. The Balaban J connectivity index is 1.76. The number of hydrogen-bond donors (Lipinski definition) is 0. The van der Waals surface area contributed by atoms with Crippen LogP contribution in [0.2, 0.25) is 0 Å². The van der Waals surface area contributed by atoms with Crippen molar-refractivity contribution in [3.05, 3.63) is 30.1 Å². The molecular formula is C11H15NO2. The molecule has 0 aliphatic carbocycles. The molecule has 3 nitrogen and oxygen atoms in total. The fraction of sp³-hybridized carbons (Fsp3) is 0.545. The molecule has 2 rings (SSSR count). The summed E-state index contributed by atoms with van der Waals surface area (Å²) in [6.45, 7) is 2.36. The van der Waals surface area contributed by atoms with E-state index < -0.39 is 0 Å². The van der Waals surface area contributed by atoms with E-state index in [1.165, 1.54) is 5.56 Å². The highest BCUT2D eigenvalue weighted by Gasteiger charge is 2.13. The summed E-state index contributed by atoms with van der Waals surface area (Å²) in [5.41, 5.74) is 1.19. The first kappa shape index (κ1) is 9.62. The zero-order chi connectivity index (χ0) is 9.64. The Hall–Kier alpha value is -0.930. The Morgan fingerprint density at radius 2 is 2.00 bits per heavy atom. The van der Waals surface area contributed by atoms with Crippen LogP contribution in [0.5, 0.6) is 0 Å². The minimum atomic E-state index is 0.372. The second-order valence-corrected chi connectivity index (χ2v) is 3.48. The lowest BCUT2D eigenvalue weighted by Crippen LogP contribution is -2.23. The van der Waals surface area contributed by atoms with E-state index in [1.54, 1.807) is 12.4 Å². The highest BCUT2D eigenvalue weighted by molar-refractivity contribution is 5.07. The van der Waals surface area contributed by atoms with Crippen molar-refractivity contribution in [2.75, 3.05) is 13.2 Å². The van der Waals surface area contributed by atoms with Gasteiger partial charge in [0.2, 0.25) is 0 Å². The van der Waals surface area contributed by atoms with Crippen LogP contribution < -0.4 is 0 Å². The Kier molecular flexibility index (Phi) is 3.49.